The molecule has 0 saturated heterocycles. The number of rotatable bonds is 4. The fourth-order valence-electron chi connectivity index (χ4n) is 2.11. The number of aryl methyl sites for hydroxylation is 1. The fraction of sp³-hybridized carbons (Fsp3) is 0.312. The van der Waals surface area contributed by atoms with E-state index in [9.17, 15) is 0 Å². The van der Waals surface area contributed by atoms with Crippen molar-refractivity contribution in [2.45, 2.75) is 32.9 Å². The van der Waals surface area contributed by atoms with Crippen molar-refractivity contribution in [2.24, 2.45) is 5.73 Å². The summed E-state index contributed by atoms with van der Waals surface area (Å²) < 4.78 is 6.72. The highest BCUT2D eigenvalue weighted by atomic mass is 79.9. The van der Waals surface area contributed by atoms with Gasteiger partial charge in [-0.1, -0.05) is 22.0 Å². The first-order valence-corrected chi connectivity index (χ1v) is 7.40. The lowest BCUT2D eigenvalue weighted by Gasteiger charge is -2.17. The van der Waals surface area contributed by atoms with Crippen molar-refractivity contribution in [3.8, 4) is 5.75 Å². The maximum atomic E-state index is 6.36. The molecule has 20 heavy (non-hydrogen) atoms. The molecule has 106 valence electrons. The molecule has 1 unspecified atom stereocenters. The molecule has 0 aliphatic heterocycles. The first-order chi connectivity index (χ1) is 9.47. The molecular formula is C16H19BrN2O. The van der Waals surface area contributed by atoms with Gasteiger partial charge in [0.15, 0.2) is 0 Å². The van der Waals surface area contributed by atoms with E-state index in [-0.39, 0.29) is 12.1 Å². The van der Waals surface area contributed by atoms with Crippen LogP contribution in [0.3, 0.4) is 0 Å². The van der Waals surface area contributed by atoms with E-state index in [0.29, 0.717) is 0 Å². The van der Waals surface area contributed by atoms with Crippen LogP contribution in [-0.2, 0) is 0 Å². The van der Waals surface area contributed by atoms with Crippen LogP contribution in [-0.4, -0.2) is 11.1 Å². The van der Waals surface area contributed by atoms with Crippen molar-refractivity contribution in [1.29, 1.82) is 0 Å². The van der Waals surface area contributed by atoms with Gasteiger partial charge in [0.05, 0.1) is 18.3 Å². The zero-order valence-corrected chi connectivity index (χ0v) is 13.5. The predicted molar refractivity (Wildman–Crippen MR) is 84.9 cm³/mol. The summed E-state index contributed by atoms with van der Waals surface area (Å²) in [5, 5.41) is 0. The molecule has 1 atom stereocenters. The zero-order valence-electron chi connectivity index (χ0n) is 11.9. The average molecular weight is 335 g/mol. The monoisotopic (exact) mass is 334 g/mol. The van der Waals surface area contributed by atoms with Crippen LogP contribution in [0.25, 0.3) is 0 Å². The number of benzene rings is 1. The second-order valence-electron chi connectivity index (χ2n) is 5.10. The molecule has 0 radical (unpaired) electrons. The molecule has 2 N–H and O–H groups in total. The molecule has 2 rings (SSSR count). The summed E-state index contributed by atoms with van der Waals surface area (Å²) in [6.07, 6.45) is 3.63. The smallest absolute Gasteiger partial charge is 0.138 e. The minimum atomic E-state index is -0.202. The highest BCUT2D eigenvalue weighted by molar-refractivity contribution is 9.10. The Morgan fingerprint density at radius 3 is 2.60 bits per heavy atom. The molecule has 0 aliphatic carbocycles. The Kier molecular flexibility index (Phi) is 4.78. The molecule has 0 bridgehead atoms. The van der Waals surface area contributed by atoms with Crippen molar-refractivity contribution < 1.29 is 4.74 Å². The summed E-state index contributed by atoms with van der Waals surface area (Å²) >= 11 is 3.47. The summed E-state index contributed by atoms with van der Waals surface area (Å²) in [7, 11) is 0. The van der Waals surface area contributed by atoms with Gasteiger partial charge in [0.25, 0.3) is 0 Å². The second kappa shape index (κ2) is 6.37. The first kappa shape index (κ1) is 15.0. The van der Waals surface area contributed by atoms with Gasteiger partial charge in [-0.2, -0.15) is 0 Å². The number of nitrogens with two attached hydrogens (primary N) is 1. The van der Waals surface area contributed by atoms with Gasteiger partial charge in [-0.05, 0) is 55.7 Å². The highest BCUT2D eigenvalue weighted by Crippen LogP contribution is 2.26. The second-order valence-corrected chi connectivity index (χ2v) is 6.01. The van der Waals surface area contributed by atoms with E-state index < -0.39 is 0 Å². The summed E-state index contributed by atoms with van der Waals surface area (Å²) in [6, 6.07) is 7.87. The number of halogens is 1. The van der Waals surface area contributed by atoms with E-state index in [0.717, 1.165) is 26.9 Å². The van der Waals surface area contributed by atoms with Crippen molar-refractivity contribution in [3.05, 3.63) is 57.8 Å². The Hall–Kier alpha value is -1.39. The third kappa shape index (κ3) is 3.58. The molecule has 1 heterocycles. The van der Waals surface area contributed by atoms with Crippen LogP contribution in [0, 0.1) is 6.92 Å². The first-order valence-electron chi connectivity index (χ1n) is 6.60. The van der Waals surface area contributed by atoms with Crippen molar-refractivity contribution >= 4 is 15.9 Å². The van der Waals surface area contributed by atoms with Crippen molar-refractivity contribution in [2.75, 3.05) is 0 Å². The van der Waals surface area contributed by atoms with Gasteiger partial charge in [0.1, 0.15) is 5.75 Å². The molecule has 3 nitrogen and oxygen atoms in total. The lowest BCUT2D eigenvalue weighted by molar-refractivity contribution is 0.241. The Morgan fingerprint density at radius 1 is 1.20 bits per heavy atom. The van der Waals surface area contributed by atoms with Gasteiger partial charge in [-0.3, -0.25) is 4.98 Å². The van der Waals surface area contributed by atoms with Gasteiger partial charge < -0.3 is 10.5 Å². The van der Waals surface area contributed by atoms with E-state index in [1.807, 2.05) is 32.0 Å². The molecule has 4 heteroatoms. The predicted octanol–water partition coefficient (Wildman–Crippen LogP) is 3.99. The lowest BCUT2D eigenvalue weighted by Crippen LogP contribution is -2.14. The molecule has 1 aromatic heterocycles. The van der Waals surface area contributed by atoms with Gasteiger partial charge in [-0.25, -0.2) is 0 Å². The van der Waals surface area contributed by atoms with Crippen LogP contribution in [0.5, 0.6) is 5.75 Å². The molecule has 0 spiro atoms. The minimum absolute atomic E-state index is 0.123. The Balaban J connectivity index is 2.30. The molecule has 0 amide bonds. The largest absolute Gasteiger partial charge is 0.489 e. The fourth-order valence-corrected chi connectivity index (χ4v) is 2.59. The number of ether oxygens (including phenoxy) is 1. The molecular weight excluding hydrogens is 316 g/mol. The van der Waals surface area contributed by atoms with Crippen LogP contribution in [0.4, 0.5) is 0 Å². The third-order valence-electron chi connectivity index (χ3n) is 3.03. The van der Waals surface area contributed by atoms with E-state index in [1.54, 1.807) is 12.4 Å². The van der Waals surface area contributed by atoms with Crippen LogP contribution < -0.4 is 10.5 Å². The van der Waals surface area contributed by atoms with Crippen molar-refractivity contribution in [1.82, 2.24) is 4.98 Å². The normalized spacial score (nSPS) is 12.5. The number of hydrogen-bond donors (Lipinski definition) is 1. The van der Waals surface area contributed by atoms with E-state index in [2.05, 4.69) is 33.9 Å². The number of hydrogen-bond acceptors (Lipinski definition) is 3. The third-order valence-corrected chi connectivity index (χ3v) is 3.53. The van der Waals surface area contributed by atoms with Gasteiger partial charge in [0.2, 0.25) is 0 Å². The van der Waals surface area contributed by atoms with E-state index in [1.165, 1.54) is 0 Å². The highest BCUT2D eigenvalue weighted by Gasteiger charge is 2.13. The quantitative estimate of drug-likeness (QED) is 0.919. The summed E-state index contributed by atoms with van der Waals surface area (Å²) in [5.41, 5.74) is 9.56. The minimum Gasteiger partial charge on any atom is -0.489 e. The van der Waals surface area contributed by atoms with Crippen LogP contribution >= 0.6 is 15.9 Å². The molecule has 0 saturated carbocycles. The molecule has 0 fully saturated rings. The summed E-state index contributed by atoms with van der Waals surface area (Å²) in [5.74, 6) is 0.753. The van der Waals surface area contributed by atoms with Crippen LogP contribution in [0.2, 0.25) is 0 Å². The SMILES string of the molecule is Cc1cc(Br)ccc1C(N)c1cncc(OC(C)C)c1. The van der Waals surface area contributed by atoms with Crippen LogP contribution in [0.1, 0.15) is 36.6 Å². The maximum absolute atomic E-state index is 6.36. The number of nitrogens with zero attached hydrogens (tertiary/aromatic N) is 1. The standard InChI is InChI=1S/C16H19BrN2O/c1-10(2)20-14-7-12(8-19-9-14)16(18)15-5-4-13(17)6-11(15)3/h4-10,16H,18H2,1-3H3. The Morgan fingerprint density at radius 2 is 1.95 bits per heavy atom. The van der Waals surface area contributed by atoms with E-state index >= 15 is 0 Å². The maximum Gasteiger partial charge on any atom is 0.138 e. The van der Waals surface area contributed by atoms with Crippen molar-refractivity contribution in [3.63, 3.8) is 0 Å². The number of aromatic nitrogens is 1. The molecule has 0 aliphatic rings. The van der Waals surface area contributed by atoms with Crippen LogP contribution in [0.15, 0.2) is 41.1 Å². The van der Waals surface area contributed by atoms with E-state index in [4.69, 9.17) is 10.5 Å². The zero-order chi connectivity index (χ0) is 14.7. The Bertz CT molecular complexity index is 599. The average Bonchev–Trinajstić information content (AvgIpc) is 2.37. The van der Waals surface area contributed by atoms with Gasteiger partial charge >= 0.3 is 0 Å². The molecule has 1 aromatic carbocycles. The van der Waals surface area contributed by atoms with Gasteiger partial charge in [-0.15, -0.1) is 0 Å². The summed E-state index contributed by atoms with van der Waals surface area (Å²) in [6.45, 7) is 6.04. The Labute approximate surface area is 128 Å². The molecule has 2 aromatic rings. The van der Waals surface area contributed by atoms with Gasteiger partial charge in [0, 0.05) is 10.7 Å². The lowest BCUT2D eigenvalue weighted by atomic mass is 9.97. The topological polar surface area (TPSA) is 48.1 Å². The number of pyridine rings is 1. The summed E-state index contributed by atoms with van der Waals surface area (Å²) in [4.78, 5) is 4.22.